The normalized spacial score (nSPS) is 15.9. The molecule has 132 valence electrons. The van der Waals surface area contributed by atoms with Gasteiger partial charge in [-0.1, -0.05) is 18.2 Å². The molecule has 1 aliphatic rings. The summed E-state index contributed by atoms with van der Waals surface area (Å²) < 4.78 is 10.7. The molecule has 6 heteroatoms. The molecule has 6 nitrogen and oxygen atoms in total. The fourth-order valence-electron chi connectivity index (χ4n) is 3.14. The largest absolute Gasteiger partial charge is 0.449 e. The number of esters is 1. The van der Waals surface area contributed by atoms with E-state index in [-0.39, 0.29) is 5.91 Å². The third-order valence-electron chi connectivity index (χ3n) is 4.49. The van der Waals surface area contributed by atoms with Gasteiger partial charge in [0.2, 0.25) is 0 Å². The highest BCUT2D eigenvalue weighted by molar-refractivity contribution is 5.99. The van der Waals surface area contributed by atoms with Crippen LogP contribution in [0.1, 0.15) is 28.5 Å². The molecule has 0 saturated carbocycles. The summed E-state index contributed by atoms with van der Waals surface area (Å²) in [5, 5.41) is 0.909. The zero-order valence-electron chi connectivity index (χ0n) is 14.7. The van der Waals surface area contributed by atoms with Crippen molar-refractivity contribution in [1.82, 2.24) is 9.88 Å². The number of hydrogen-bond donors (Lipinski definition) is 0. The highest BCUT2D eigenvalue weighted by Gasteiger charge is 2.27. The third kappa shape index (κ3) is 3.49. The van der Waals surface area contributed by atoms with E-state index in [1.54, 1.807) is 18.7 Å². The van der Waals surface area contributed by atoms with Crippen LogP contribution in [-0.2, 0) is 14.3 Å². The fourth-order valence-corrected chi connectivity index (χ4v) is 3.14. The number of carbonyl (C=O) groups excluding carboxylic acids is 2. The summed E-state index contributed by atoms with van der Waals surface area (Å²) >= 11 is 0. The van der Waals surface area contributed by atoms with Gasteiger partial charge in [-0.05, 0) is 32.4 Å². The summed E-state index contributed by atoms with van der Waals surface area (Å²) in [5.74, 6) is -0.705. The SMILES string of the molecule is Cc1nc2ccccc2c(C)c1C(=O)O[C@H](C)C(=O)N1CCOCC1. The van der Waals surface area contributed by atoms with Crippen molar-refractivity contribution in [2.75, 3.05) is 26.3 Å². The Morgan fingerprint density at radius 3 is 2.60 bits per heavy atom. The average Bonchev–Trinajstić information content (AvgIpc) is 2.61. The van der Waals surface area contributed by atoms with Gasteiger partial charge in [-0.3, -0.25) is 9.78 Å². The molecule has 1 amide bonds. The van der Waals surface area contributed by atoms with Gasteiger partial charge in [-0.2, -0.15) is 0 Å². The summed E-state index contributed by atoms with van der Waals surface area (Å²) in [4.78, 5) is 31.2. The lowest BCUT2D eigenvalue weighted by Crippen LogP contribution is -2.46. The molecule has 3 rings (SSSR count). The average molecular weight is 342 g/mol. The van der Waals surface area contributed by atoms with Gasteiger partial charge in [-0.15, -0.1) is 0 Å². The van der Waals surface area contributed by atoms with Gasteiger partial charge >= 0.3 is 5.97 Å². The molecule has 1 atom stereocenters. The lowest BCUT2D eigenvalue weighted by molar-refractivity contribution is -0.143. The molecule has 0 unspecified atom stereocenters. The number of aromatic nitrogens is 1. The van der Waals surface area contributed by atoms with E-state index in [9.17, 15) is 9.59 Å². The number of ether oxygens (including phenoxy) is 2. The predicted octanol–water partition coefficient (Wildman–Crippen LogP) is 2.26. The molecule has 1 fully saturated rings. The Morgan fingerprint density at radius 2 is 1.88 bits per heavy atom. The number of amides is 1. The van der Waals surface area contributed by atoms with Gasteiger partial charge in [0.15, 0.2) is 6.10 Å². The quantitative estimate of drug-likeness (QED) is 0.800. The first-order valence-corrected chi connectivity index (χ1v) is 8.42. The van der Waals surface area contributed by atoms with E-state index in [0.717, 1.165) is 16.5 Å². The van der Waals surface area contributed by atoms with Gasteiger partial charge in [0, 0.05) is 18.5 Å². The van der Waals surface area contributed by atoms with E-state index in [4.69, 9.17) is 9.47 Å². The molecule has 0 N–H and O–H groups in total. The lowest BCUT2D eigenvalue weighted by Gasteiger charge is -2.29. The second-order valence-corrected chi connectivity index (χ2v) is 6.20. The van der Waals surface area contributed by atoms with Gasteiger partial charge in [0.25, 0.3) is 5.91 Å². The predicted molar refractivity (Wildman–Crippen MR) is 93.5 cm³/mol. The minimum atomic E-state index is -0.837. The second-order valence-electron chi connectivity index (χ2n) is 6.20. The van der Waals surface area contributed by atoms with E-state index < -0.39 is 12.1 Å². The first-order valence-electron chi connectivity index (χ1n) is 8.42. The number of nitrogens with zero attached hydrogens (tertiary/aromatic N) is 2. The maximum atomic E-state index is 12.7. The van der Waals surface area contributed by atoms with Crippen LogP contribution in [0.5, 0.6) is 0 Å². The maximum Gasteiger partial charge on any atom is 0.341 e. The van der Waals surface area contributed by atoms with Crippen LogP contribution in [-0.4, -0.2) is 54.2 Å². The lowest BCUT2D eigenvalue weighted by atomic mass is 10.0. The van der Waals surface area contributed by atoms with E-state index in [0.29, 0.717) is 37.6 Å². The molecule has 0 bridgehead atoms. The number of pyridine rings is 1. The van der Waals surface area contributed by atoms with Crippen molar-refractivity contribution in [3.63, 3.8) is 0 Å². The van der Waals surface area contributed by atoms with Gasteiger partial charge in [0.05, 0.1) is 30.0 Å². The Morgan fingerprint density at radius 1 is 1.20 bits per heavy atom. The van der Waals surface area contributed by atoms with Crippen LogP contribution in [0.25, 0.3) is 10.9 Å². The van der Waals surface area contributed by atoms with Crippen LogP contribution in [0.2, 0.25) is 0 Å². The van der Waals surface area contributed by atoms with Crippen LogP contribution in [0.3, 0.4) is 0 Å². The van der Waals surface area contributed by atoms with Crippen LogP contribution >= 0.6 is 0 Å². The number of benzene rings is 1. The number of para-hydroxylation sites is 1. The molecule has 1 aromatic heterocycles. The molecular formula is C19H22N2O4. The van der Waals surface area contributed by atoms with Crippen molar-refractivity contribution in [3.8, 4) is 0 Å². The molecule has 0 radical (unpaired) electrons. The Bertz CT molecular complexity index is 812. The van der Waals surface area contributed by atoms with Crippen LogP contribution in [0, 0.1) is 13.8 Å². The molecule has 0 aliphatic carbocycles. The zero-order chi connectivity index (χ0) is 18.0. The number of fused-ring (bicyclic) bond motifs is 1. The highest BCUT2D eigenvalue weighted by atomic mass is 16.5. The summed E-state index contributed by atoms with van der Waals surface area (Å²) in [6.07, 6.45) is -0.837. The number of rotatable bonds is 3. The van der Waals surface area contributed by atoms with Crippen LogP contribution in [0.15, 0.2) is 24.3 Å². The maximum absolute atomic E-state index is 12.7. The second kappa shape index (κ2) is 7.19. The summed E-state index contributed by atoms with van der Waals surface area (Å²) in [6, 6.07) is 7.66. The number of morpholine rings is 1. The van der Waals surface area contributed by atoms with E-state index >= 15 is 0 Å². The molecule has 1 aliphatic heterocycles. The molecule has 1 saturated heterocycles. The minimum absolute atomic E-state index is 0.194. The highest BCUT2D eigenvalue weighted by Crippen LogP contribution is 2.23. The van der Waals surface area contributed by atoms with E-state index in [1.165, 1.54) is 0 Å². The van der Waals surface area contributed by atoms with Crippen molar-refractivity contribution < 1.29 is 19.1 Å². The summed E-state index contributed by atoms with van der Waals surface area (Å²) in [7, 11) is 0. The molecule has 1 aromatic carbocycles. The first kappa shape index (κ1) is 17.4. The van der Waals surface area contributed by atoms with Crippen molar-refractivity contribution in [3.05, 3.63) is 41.1 Å². The summed E-state index contributed by atoms with van der Waals surface area (Å²) in [6.45, 7) is 7.34. The van der Waals surface area contributed by atoms with Gasteiger partial charge in [0.1, 0.15) is 0 Å². The van der Waals surface area contributed by atoms with Crippen molar-refractivity contribution in [2.45, 2.75) is 26.9 Å². The fraction of sp³-hybridized carbons (Fsp3) is 0.421. The minimum Gasteiger partial charge on any atom is -0.449 e. The monoisotopic (exact) mass is 342 g/mol. The first-order chi connectivity index (χ1) is 12.0. The summed E-state index contributed by atoms with van der Waals surface area (Å²) in [5.41, 5.74) is 2.69. The smallest absolute Gasteiger partial charge is 0.341 e. The standard InChI is InChI=1S/C19H22N2O4/c1-12-15-6-4-5-7-16(15)20-13(2)17(12)19(23)25-14(3)18(22)21-8-10-24-11-9-21/h4-7,14H,8-11H2,1-3H3/t14-/m1/s1. The van der Waals surface area contributed by atoms with Gasteiger partial charge in [-0.25, -0.2) is 4.79 Å². The molecular weight excluding hydrogens is 320 g/mol. The van der Waals surface area contributed by atoms with Crippen molar-refractivity contribution in [2.24, 2.45) is 0 Å². The molecule has 0 spiro atoms. The third-order valence-corrected chi connectivity index (χ3v) is 4.49. The Labute approximate surface area is 146 Å². The number of aryl methyl sites for hydroxylation is 2. The molecule has 2 aromatic rings. The van der Waals surface area contributed by atoms with Gasteiger partial charge < -0.3 is 14.4 Å². The number of carbonyl (C=O) groups is 2. The topological polar surface area (TPSA) is 68.7 Å². The van der Waals surface area contributed by atoms with Crippen LogP contribution in [0.4, 0.5) is 0 Å². The Kier molecular flexibility index (Phi) is 4.99. The van der Waals surface area contributed by atoms with Crippen molar-refractivity contribution in [1.29, 1.82) is 0 Å². The number of hydrogen-bond acceptors (Lipinski definition) is 5. The molecule has 25 heavy (non-hydrogen) atoms. The zero-order valence-corrected chi connectivity index (χ0v) is 14.7. The van der Waals surface area contributed by atoms with E-state index in [1.807, 2.05) is 31.2 Å². The van der Waals surface area contributed by atoms with Crippen molar-refractivity contribution >= 4 is 22.8 Å². The van der Waals surface area contributed by atoms with E-state index in [2.05, 4.69) is 4.98 Å². The molecule has 2 heterocycles. The Balaban J connectivity index is 1.81. The van der Waals surface area contributed by atoms with Crippen LogP contribution < -0.4 is 0 Å². The Hall–Kier alpha value is -2.47.